The Kier molecular flexibility index (Phi) is 2.98. The topological polar surface area (TPSA) is 29.3 Å². The summed E-state index contributed by atoms with van der Waals surface area (Å²) in [6.45, 7) is 3.44. The van der Waals surface area contributed by atoms with Gasteiger partial charge in [0.1, 0.15) is 0 Å². The molecule has 1 fully saturated rings. The third-order valence-corrected chi connectivity index (χ3v) is 3.34. The molecule has 0 aliphatic carbocycles. The average Bonchev–Trinajstić information content (AvgIpc) is 2.71. The van der Waals surface area contributed by atoms with Gasteiger partial charge in [-0.2, -0.15) is 11.3 Å². The Morgan fingerprint density at radius 3 is 3.15 bits per heavy atom. The Morgan fingerprint density at radius 2 is 2.54 bits per heavy atom. The van der Waals surface area contributed by atoms with Crippen molar-refractivity contribution >= 4 is 11.3 Å². The Hall–Kier alpha value is -0.380. The number of nitrogens with zero attached hydrogens (tertiary/aromatic N) is 1. The van der Waals surface area contributed by atoms with E-state index in [1.165, 1.54) is 31.5 Å². The van der Waals surface area contributed by atoms with Gasteiger partial charge in [0.15, 0.2) is 0 Å². The van der Waals surface area contributed by atoms with E-state index >= 15 is 0 Å². The Morgan fingerprint density at radius 1 is 1.62 bits per heavy atom. The molecular weight excluding hydrogens is 180 g/mol. The lowest BCUT2D eigenvalue weighted by Crippen LogP contribution is -2.28. The van der Waals surface area contributed by atoms with E-state index in [9.17, 15) is 0 Å². The van der Waals surface area contributed by atoms with Crippen LogP contribution in [-0.4, -0.2) is 30.6 Å². The van der Waals surface area contributed by atoms with E-state index in [0.717, 1.165) is 6.54 Å². The largest absolute Gasteiger partial charge is 0.326 e. The van der Waals surface area contributed by atoms with Crippen molar-refractivity contribution in [1.82, 2.24) is 4.90 Å². The molecule has 1 unspecified atom stereocenters. The molecule has 1 atom stereocenters. The molecule has 3 heteroatoms. The number of rotatable bonds is 3. The van der Waals surface area contributed by atoms with E-state index in [4.69, 9.17) is 5.73 Å². The molecule has 2 heterocycles. The predicted molar refractivity (Wildman–Crippen MR) is 57.1 cm³/mol. The summed E-state index contributed by atoms with van der Waals surface area (Å²) < 4.78 is 0. The first-order valence-corrected chi connectivity index (χ1v) is 5.78. The third-order valence-electron chi connectivity index (χ3n) is 2.61. The second-order valence-electron chi connectivity index (χ2n) is 3.73. The van der Waals surface area contributed by atoms with Crippen LogP contribution in [0.3, 0.4) is 0 Å². The van der Waals surface area contributed by atoms with Gasteiger partial charge in [-0.15, -0.1) is 0 Å². The van der Waals surface area contributed by atoms with Crippen molar-refractivity contribution in [2.24, 2.45) is 5.73 Å². The molecule has 1 aliphatic heterocycles. The van der Waals surface area contributed by atoms with Crippen molar-refractivity contribution < 1.29 is 0 Å². The normalized spacial score (nSPS) is 23.9. The predicted octanol–water partition coefficient (Wildman–Crippen LogP) is 1.32. The second-order valence-corrected chi connectivity index (χ2v) is 4.51. The molecule has 72 valence electrons. The second kappa shape index (κ2) is 4.22. The summed E-state index contributed by atoms with van der Waals surface area (Å²) in [6.07, 6.45) is 2.35. The van der Waals surface area contributed by atoms with Gasteiger partial charge in [0.2, 0.25) is 0 Å². The van der Waals surface area contributed by atoms with Crippen molar-refractivity contribution in [1.29, 1.82) is 0 Å². The third kappa shape index (κ3) is 2.53. The van der Waals surface area contributed by atoms with Crippen molar-refractivity contribution in [2.75, 3.05) is 19.6 Å². The average molecular weight is 196 g/mol. The zero-order chi connectivity index (χ0) is 9.10. The summed E-state index contributed by atoms with van der Waals surface area (Å²) in [7, 11) is 0. The number of hydrogen-bond acceptors (Lipinski definition) is 3. The van der Waals surface area contributed by atoms with Crippen molar-refractivity contribution in [3.05, 3.63) is 22.4 Å². The van der Waals surface area contributed by atoms with Crippen LogP contribution < -0.4 is 5.73 Å². The summed E-state index contributed by atoms with van der Waals surface area (Å²) in [5.41, 5.74) is 7.30. The summed E-state index contributed by atoms with van der Waals surface area (Å²) in [5, 5.41) is 4.38. The molecule has 1 aliphatic rings. The van der Waals surface area contributed by atoms with Crippen LogP contribution in [0.2, 0.25) is 0 Å². The quantitative estimate of drug-likeness (QED) is 0.790. The zero-order valence-corrected chi connectivity index (χ0v) is 8.59. The molecule has 2 N–H and O–H groups in total. The molecule has 13 heavy (non-hydrogen) atoms. The van der Waals surface area contributed by atoms with Crippen LogP contribution in [0, 0.1) is 0 Å². The van der Waals surface area contributed by atoms with E-state index in [2.05, 4.69) is 21.7 Å². The van der Waals surface area contributed by atoms with Crippen molar-refractivity contribution in [2.45, 2.75) is 18.9 Å². The van der Waals surface area contributed by atoms with Gasteiger partial charge < -0.3 is 10.6 Å². The van der Waals surface area contributed by atoms with Crippen LogP contribution >= 0.6 is 11.3 Å². The van der Waals surface area contributed by atoms with E-state index in [-0.39, 0.29) is 0 Å². The fourth-order valence-electron chi connectivity index (χ4n) is 1.79. The van der Waals surface area contributed by atoms with E-state index < -0.39 is 0 Å². The van der Waals surface area contributed by atoms with Gasteiger partial charge in [-0.05, 0) is 41.8 Å². The van der Waals surface area contributed by atoms with Gasteiger partial charge in [0.05, 0.1) is 0 Å². The number of thiophene rings is 1. The van der Waals surface area contributed by atoms with Crippen LogP contribution in [0.15, 0.2) is 16.8 Å². The van der Waals surface area contributed by atoms with Gasteiger partial charge >= 0.3 is 0 Å². The van der Waals surface area contributed by atoms with Gasteiger partial charge in [-0.3, -0.25) is 0 Å². The minimum atomic E-state index is 0.419. The molecule has 0 radical (unpaired) electrons. The SMILES string of the molecule is NC1CCN(CCc2ccsc2)C1. The van der Waals surface area contributed by atoms with Gasteiger partial charge in [0, 0.05) is 19.1 Å². The van der Waals surface area contributed by atoms with Crippen LogP contribution in [0.25, 0.3) is 0 Å². The molecule has 2 nitrogen and oxygen atoms in total. The smallest absolute Gasteiger partial charge is 0.0180 e. The first-order chi connectivity index (χ1) is 6.34. The maximum Gasteiger partial charge on any atom is 0.0180 e. The highest BCUT2D eigenvalue weighted by Gasteiger charge is 2.17. The molecule has 0 saturated carbocycles. The molecule has 1 saturated heterocycles. The maximum absolute atomic E-state index is 5.83. The maximum atomic E-state index is 5.83. The Labute approximate surface area is 83.4 Å². The van der Waals surface area contributed by atoms with Gasteiger partial charge in [-0.25, -0.2) is 0 Å². The van der Waals surface area contributed by atoms with Gasteiger partial charge in [-0.1, -0.05) is 0 Å². The summed E-state index contributed by atoms with van der Waals surface area (Å²) in [6, 6.07) is 2.63. The molecule has 1 aromatic rings. The van der Waals surface area contributed by atoms with Crippen LogP contribution in [0.4, 0.5) is 0 Å². The Balaban J connectivity index is 1.74. The molecule has 0 aromatic carbocycles. The van der Waals surface area contributed by atoms with Crippen LogP contribution in [-0.2, 0) is 6.42 Å². The lowest BCUT2D eigenvalue weighted by atomic mass is 10.2. The monoisotopic (exact) mass is 196 g/mol. The summed E-state index contributed by atoms with van der Waals surface area (Å²) >= 11 is 1.78. The number of nitrogens with two attached hydrogens (primary N) is 1. The Bertz CT molecular complexity index is 245. The lowest BCUT2D eigenvalue weighted by Gasteiger charge is -2.13. The zero-order valence-electron chi connectivity index (χ0n) is 7.78. The molecule has 2 rings (SSSR count). The molecule has 0 amide bonds. The minimum Gasteiger partial charge on any atom is -0.326 e. The molecular formula is C10H16N2S. The highest BCUT2D eigenvalue weighted by Crippen LogP contribution is 2.10. The lowest BCUT2D eigenvalue weighted by molar-refractivity contribution is 0.339. The van der Waals surface area contributed by atoms with E-state index in [1.54, 1.807) is 11.3 Å². The highest BCUT2D eigenvalue weighted by atomic mass is 32.1. The summed E-state index contributed by atoms with van der Waals surface area (Å²) in [4.78, 5) is 2.46. The van der Waals surface area contributed by atoms with Crippen LogP contribution in [0.1, 0.15) is 12.0 Å². The summed E-state index contributed by atoms with van der Waals surface area (Å²) in [5.74, 6) is 0. The first kappa shape index (κ1) is 9.19. The van der Waals surface area contributed by atoms with Gasteiger partial charge in [0.25, 0.3) is 0 Å². The number of likely N-dealkylation sites (tertiary alicyclic amines) is 1. The van der Waals surface area contributed by atoms with E-state index in [0.29, 0.717) is 6.04 Å². The fraction of sp³-hybridized carbons (Fsp3) is 0.600. The van der Waals surface area contributed by atoms with Crippen LogP contribution in [0.5, 0.6) is 0 Å². The van der Waals surface area contributed by atoms with Crippen molar-refractivity contribution in [3.63, 3.8) is 0 Å². The standard InChI is InChI=1S/C10H16N2S/c11-10-2-5-12(7-10)4-1-9-3-6-13-8-9/h3,6,8,10H,1-2,4-5,7,11H2. The molecule has 0 spiro atoms. The minimum absolute atomic E-state index is 0.419. The molecule has 1 aromatic heterocycles. The first-order valence-electron chi connectivity index (χ1n) is 4.83. The van der Waals surface area contributed by atoms with E-state index in [1.807, 2.05) is 0 Å². The fourth-order valence-corrected chi connectivity index (χ4v) is 2.49. The highest BCUT2D eigenvalue weighted by molar-refractivity contribution is 7.07. The van der Waals surface area contributed by atoms with Crippen molar-refractivity contribution in [3.8, 4) is 0 Å². The molecule has 0 bridgehead atoms. The number of hydrogen-bond donors (Lipinski definition) is 1.